The highest BCUT2D eigenvalue weighted by Crippen LogP contribution is 2.23. The molecule has 7 heteroatoms. The second-order valence-electron chi connectivity index (χ2n) is 5.34. The Bertz CT molecular complexity index is 1060. The van der Waals surface area contributed by atoms with E-state index in [-0.39, 0.29) is 5.91 Å². The number of amides is 1. The van der Waals surface area contributed by atoms with Gasteiger partial charge >= 0.3 is 0 Å². The molecule has 0 aliphatic carbocycles. The van der Waals surface area contributed by atoms with E-state index < -0.39 is 0 Å². The summed E-state index contributed by atoms with van der Waals surface area (Å²) < 4.78 is 6.21. The van der Waals surface area contributed by atoms with Crippen LogP contribution < -0.4 is 10.2 Å². The van der Waals surface area contributed by atoms with E-state index in [0.29, 0.717) is 5.01 Å². The molecule has 2 aromatic heterocycles. The predicted molar refractivity (Wildman–Crippen MR) is 99.5 cm³/mol. The largest absolute Gasteiger partial charge is 0.497 e. The van der Waals surface area contributed by atoms with E-state index in [1.165, 1.54) is 11.3 Å². The Hall–Kier alpha value is -3.19. The first-order valence-corrected chi connectivity index (χ1v) is 8.40. The van der Waals surface area contributed by atoms with Crippen molar-refractivity contribution in [3.8, 4) is 5.75 Å². The first-order chi connectivity index (χ1) is 12.2. The van der Waals surface area contributed by atoms with Gasteiger partial charge in [-0.15, -0.1) is 11.3 Å². The van der Waals surface area contributed by atoms with E-state index in [9.17, 15) is 4.79 Å². The summed E-state index contributed by atoms with van der Waals surface area (Å²) >= 11 is 1.34. The van der Waals surface area contributed by atoms with E-state index >= 15 is 0 Å². The number of aromatic nitrogens is 2. The number of carbonyl (C=O) groups is 1. The minimum Gasteiger partial charge on any atom is -0.497 e. The third-order valence-corrected chi connectivity index (χ3v) is 4.81. The molecule has 1 amide bonds. The van der Waals surface area contributed by atoms with E-state index in [4.69, 9.17) is 4.74 Å². The van der Waals surface area contributed by atoms with Crippen molar-refractivity contribution >= 4 is 44.6 Å². The monoisotopic (exact) mass is 350 g/mol. The fourth-order valence-electron chi connectivity index (χ4n) is 2.53. The van der Waals surface area contributed by atoms with Crippen LogP contribution in [0.3, 0.4) is 0 Å². The number of thiazole rings is 1. The number of benzene rings is 2. The molecule has 0 atom stereocenters. The van der Waals surface area contributed by atoms with Crippen molar-refractivity contribution in [1.82, 2.24) is 15.4 Å². The maximum absolute atomic E-state index is 12.2. The molecule has 0 bridgehead atoms. The molecule has 0 saturated heterocycles. The Morgan fingerprint density at radius 1 is 1.32 bits per heavy atom. The quantitative estimate of drug-likeness (QED) is 0.436. The van der Waals surface area contributed by atoms with Gasteiger partial charge in [-0.25, -0.2) is 10.4 Å². The molecule has 0 saturated carbocycles. The van der Waals surface area contributed by atoms with Crippen molar-refractivity contribution in [2.24, 2.45) is 5.10 Å². The van der Waals surface area contributed by atoms with Gasteiger partial charge in [0.1, 0.15) is 5.75 Å². The summed E-state index contributed by atoms with van der Waals surface area (Å²) in [5.74, 6) is 0.440. The summed E-state index contributed by atoms with van der Waals surface area (Å²) in [6.07, 6.45) is 3.43. The molecule has 0 unspecified atom stereocenters. The van der Waals surface area contributed by atoms with Gasteiger partial charge in [0.25, 0.3) is 5.91 Å². The lowest BCUT2D eigenvalue weighted by Crippen LogP contribution is -2.17. The smallest absolute Gasteiger partial charge is 0.300 e. The molecule has 4 aromatic rings. The Morgan fingerprint density at radius 2 is 2.20 bits per heavy atom. The Kier molecular flexibility index (Phi) is 3.91. The number of hydrogen-bond donors (Lipinski definition) is 2. The normalized spacial score (nSPS) is 11.4. The molecule has 25 heavy (non-hydrogen) atoms. The molecule has 0 aliphatic rings. The summed E-state index contributed by atoms with van der Waals surface area (Å²) in [5.41, 5.74) is 5.17. The van der Waals surface area contributed by atoms with Gasteiger partial charge in [-0.2, -0.15) is 5.10 Å². The number of H-pyrrole nitrogens is 1. The minimum absolute atomic E-state index is 0.324. The molecule has 124 valence electrons. The van der Waals surface area contributed by atoms with Gasteiger partial charge in [-0.05, 0) is 30.3 Å². The Balaban J connectivity index is 1.53. The summed E-state index contributed by atoms with van der Waals surface area (Å²) in [6, 6.07) is 13.4. The molecular weight excluding hydrogens is 336 g/mol. The molecule has 2 heterocycles. The van der Waals surface area contributed by atoms with Gasteiger partial charge in [0.05, 0.1) is 23.5 Å². The van der Waals surface area contributed by atoms with Gasteiger partial charge < -0.3 is 9.72 Å². The molecule has 0 spiro atoms. The number of nitrogens with zero attached hydrogens (tertiary/aromatic N) is 2. The number of rotatable bonds is 4. The van der Waals surface area contributed by atoms with Crippen molar-refractivity contribution in [3.63, 3.8) is 0 Å². The number of carbonyl (C=O) groups excluding carboxylic acids is 1. The zero-order valence-electron chi connectivity index (χ0n) is 13.3. The Labute approximate surface area is 147 Å². The summed E-state index contributed by atoms with van der Waals surface area (Å²) in [4.78, 5) is 19.7. The predicted octanol–water partition coefficient (Wildman–Crippen LogP) is 3.55. The van der Waals surface area contributed by atoms with Crippen LogP contribution >= 0.6 is 11.3 Å². The molecule has 0 aliphatic heterocycles. The minimum atomic E-state index is -0.324. The second-order valence-corrected chi connectivity index (χ2v) is 6.37. The zero-order chi connectivity index (χ0) is 17.2. The van der Waals surface area contributed by atoms with Crippen LogP contribution in [0.2, 0.25) is 0 Å². The first-order valence-electron chi connectivity index (χ1n) is 7.59. The number of fused-ring (bicyclic) bond motifs is 2. The van der Waals surface area contributed by atoms with Crippen LogP contribution in [0.25, 0.3) is 21.1 Å². The van der Waals surface area contributed by atoms with Crippen molar-refractivity contribution in [2.75, 3.05) is 7.11 Å². The van der Waals surface area contributed by atoms with Crippen LogP contribution in [0.5, 0.6) is 5.75 Å². The third-order valence-electron chi connectivity index (χ3n) is 3.78. The van der Waals surface area contributed by atoms with Crippen molar-refractivity contribution in [3.05, 3.63) is 59.2 Å². The number of hydrazone groups is 1. The number of aromatic amines is 1. The van der Waals surface area contributed by atoms with Crippen LogP contribution in [-0.4, -0.2) is 29.2 Å². The molecule has 0 radical (unpaired) electrons. The highest BCUT2D eigenvalue weighted by molar-refractivity contribution is 7.20. The van der Waals surface area contributed by atoms with Crippen LogP contribution in [-0.2, 0) is 0 Å². The highest BCUT2D eigenvalue weighted by Gasteiger charge is 2.11. The molecule has 2 N–H and O–H groups in total. The van der Waals surface area contributed by atoms with Crippen LogP contribution in [0.15, 0.2) is 53.8 Å². The van der Waals surface area contributed by atoms with Gasteiger partial charge in [-0.1, -0.05) is 12.1 Å². The van der Waals surface area contributed by atoms with Gasteiger partial charge in [0.2, 0.25) is 0 Å². The van der Waals surface area contributed by atoms with Gasteiger partial charge in [0.15, 0.2) is 5.01 Å². The van der Waals surface area contributed by atoms with Crippen LogP contribution in [0, 0.1) is 0 Å². The molecule has 0 fully saturated rings. The lowest BCUT2D eigenvalue weighted by molar-refractivity contribution is 0.0955. The number of ether oxygens (including phenoxy) is 1. The van der Waals surface area contributed by atoms with Crippen molar-refractivity contribution in [2.45, 2.75) is 0 Å². The van der Waals surface area contributed by atoms with Crippen molar-refractivity contribution in [1.29, 1.82) is 0 Å². The topological polar surface area (TPSA) is 79.4 Å². The van der Waals surface area contributed by atoms with Gasteiger partial charge in [-0.3, -0.25) is 4.79 Å². The number of hydrogen-bond acceptors (Lipinski definition) is 5. The molecule has 2 aromatic carbocycles. The first kappa shape index (κ1) is 15.3. The van der Waals surface area contributed by atoms with Crippen LogP contribution in [0.4, 0.5) is 0 Å². The maximum atomic E-state index is 12.2. The highest BCUT2D eigenvalue weighted by atomic mass is 32.1. The van der Waals surface area contributed by atoms with Crippen LogP contribution in [0.1, 0.15) is 15.4 Å². The number of methoxy groups -OCH3 is 1. The van der Waals surface area contributed by atoms with Crippen molar-refractivity contribution < 1.29 is 9.53 Å². The van der Waals surface area contributed by atoms with Gasteiger partial charge in [0, 0.05) is 22.7 Å². The molecule has 6 nitrogen and oxygen atoms in total. The molecular formula is C18H14N4O2S. The zero-order valence-corrected chi connectivity index (χ0v) is 14.1. The summed E-state index contributed by atoms with van der Waals surface area (Å²) in [7, 11) is 1.62. The van der Waals surface area contributed by atoms with E-state index in [1.54, 1.807) is 13.3 Å². The van der Waals surface area contributed by atoms with E-state index in [0.717, 1.165) is 32.4 Å². The lowest BCUT2D eigenvalue weighted by Gasteiger charge is -1.99. The fraction of sp³-hybridized carbons (Fsp3) is 0.0556. The third kappa shape index (κ3) is 2.97. The molecule has 4 rings (SSSR count). The lowest BCUT2D eigenvalue weighted by atomic mass is 10.2. The average molecular weight is 350 g/mol. The standard InChI is InChI=1S/C18H14N4O2S/c1-24-12-6-7-14-13(8-12)11(9-19-14)10-20-22-17(23)18-21-15-4-2-3-5-16(15)25-18/h2-10,19H,1H3,(H,22,23)/b20-10+. The SMILES string of the molecule is COc1ccc2[nH]cc(/C=N/NC(=O)c3nc4ccccc4s3)c2c1. The Morgan fingerprint density at radius 3 is 3.04 bits per heavy atom. The summed E-state index contributed by atoms with van der Waals surface area (Å²) in [5, 5.41) is 5.40. The number of nitrogens with one attached hydrogen (secondary N) is 2. The van der Waals surface area contributed by atoms with E-state index in [2.05, 4.69) is 20.5 Å². The summed E-state index contributed by atoms with van der Waals surface area (Å²) in [6.45, 7) is 0. The number of para-hydroxylation sites is 1. The maximum Gasteiger partial charge on any atom is 0.300 e. The van der Waals surface area contributed by atoms with E-state index in [1.807, 2.05) is 48.7 Å². The average Bonchev–Trinajstić information content (AvgIpc) is 3.25. The second kappa shape index (κ2) is 6.37. The fourth-order valence-corrected chi connectivity index (χ4v) is 3.39.